The minimum absolute atomic E-state index is 0.142. The Kier molecular flexibility index (Phi) is 5.58. The highest BCUT2D eigenvalue weighted by Gasteiger charge is 2.10. The van der Waals surface area contributed by atoms with E-state index >= 15 is 0 Å². The molecule has 2 aromatic rings. The average Bonchev–Trinajstić information content (AvgIpc) is 2.52. The normalized spacial score (nSPS) is 10.2. The van der Waals surface area contributed by atoms with Gasteiger partial charge < -0.3 is 10.6 Å². The van der Waals surface area contributed by atoms with Gasteiger partial charge in [-0.2, -0.15) is 0 Å². The number of benzene rings is 1. The highest BCUT2D eigenvalue weighted by atomic mass is 35.5. The lowest BCUT2D eigenvalue weighted by atomic mass is 10.2. The van der Waals surface area contributed by atoms with E-state index in [0.29, 0.717) is 17.1 Å². The van der Waals surface area contributed by atoms with E-state index in [2.05, 4.69) is 22.5 Å². The minimum Gasteiger partial charge on any atom is -0.384 e. The molecule has 110 valence electrons. The van der Waals surface area contributed by atoms with Gasteiger partial charge in [-0.3, -0.25) is 9.78 Å². The van der Waals surface area contributed by atoms with Crippen LogP contribution in [-0.2, 0) is 6.54 Å². The van der Waals surface area contributed by atoms with E-state index in [4.69, 9.17) is 11.6 Å². The summed E-state index contributed by atoms with van der Waals surface area (Å²) in [6, 6.07) is 9.21. The number of rotatable bonds is 6. The molecular formula is C16H18ClN3O. The van der Waals surface area contributed by atoms with Crippen molar-refractivity contribution in [2.45, 2.75) is 19.9 Å². The maximum atomic E-state index is 12.3. The number of nitrogens with one attached hydrogen (secondary N) is 2. The Bertz CT molecular complexity index is 599. The summed E-state index contributed by atoms with van der Waals surface area (Å²) in [4.78, 5) is 16.3. The van der Waals surface area contributed by atoms with Gasteiger partial charge in [0, 0.05) is 30.5 Å². The van der Waals surface area contributed by atoms with Crippen LogP contribution in [0.3, 0.4) is 0 Å². The topological polar surface area (TPSA) is 54.0 Å². The third-order valence-electron chi connectivity index (χ3n) is 3.00. The molecule has 0 saturated heterocycles. The summed E-state index contributed by atoms with van der Waals surface area (Å²) in [6.45, 7) is 3.36. The van der Waals surface area contributed by atoms with Crippen molar-refractivity contribution in [2.24, 2.45) is 0 Å². The van der Waals surface area contributed by atoms with Gasteiger partial charge >= 0.3 is 0 Å². The van der Waals surface area contributed by atoms with Crippen LogP contribution in [0, 0.1) is 0 Å². The van der Waals surface area contributed by atoms with Gasteiger partial charge in [-0.05, 0) is 30.2 Å². The first-order valence-corrected chi connectivity index (χ1v) is 7.29. The van der Waals surface area contributed by atoms with Crippen LogP contribution in [-0.4, -0.2) is 17.4 Å². The maximum Gasteiger partial charge on any atom is 0.255 e. The molecule has 1 amide bonds. The van der Waals surface area contributed by atoms with Gasteiger partial charge in [-0.15, -0.1) is 0 Å². The van der Waals surface area contributed by atoms with Gasteiger partial charge in [0.05, 0.1) is 11.3 Å². The summed E-state index contributed by atoms with van der Waals surface area (Å²) in [5.74, 6) is -0.142. The molecule has 4 nitrogen and oxygen atoms in total. The number of pyridine rings is 1. The first-order valence-electron chi connectivity index (χ1n) is 6.91. The molecule has 0 bridgehead atoms. The molecule has 0 unspecified atom stereocenters. The number of amides is 1. The molecule has 5 heteroatoms. The molecule has 21 heavy (non-hydrogen) atoms. The van der Waals surface area contributed by atoms with Gasteiger partial charge in [-0.1, -0.05) is 30.7 Å². The third kappa shape index (κ3) is 4.46. The van der Waals surface area contributed by atoms with Gasteiger partial charge in [0.25, 0.3) is 5.91 Å². The molecule has 0 aliphatic heterocycles. The Balaban J connectivity index is 2.01. The van der Waals surface area contributed by atoms with E-state index in [0.717, 1.165) is 24.2 Å². The molecule has 1 heterocycles. The van der Waals surface area contributed by atoms with Crippen molar-refractivity contribution < 1.29 is 4.79 Å². The molecule has 0 saturated carbocycles. The lowest BCUT2D eigenvalue weighted by molar-refractivity contribution is 0.0951. The van der Waals surface area contributed by atoms with Gasteiger partial charge in [0.15, 0.2) is 0 Å². The van der Waals surface area contributed by atoms with Crippen molar-refractivity contribution >= 4 is 23.2 Å². The number of hydrogen-bond acceptors (Lipinski definition) is 3. The molecule has 0 aliphatic carbocycles. The van der Waals surface area contributed by atoms with E-state index in [1.807, 2.05) is 18.2 Å². The maximum absolute atomic E-state index is 12.3. The summed E-state index contributed by atoms with van der Waals surface area (Å²) < 4.78 is 0. The van der Waals surface area contributed by atoms with E-state index in [-0.39, 0.29) is 5.91 Å². The molecule has 2 N–H and O–H groups in total. The van der Waals surface area contributed by atoms with Crippen molar-refractivity contribution in [1.29, 1.82) is 0 Å². The second-order valence-corrected chi connectivity index (χ2v) is 5.09. The van der Waals surface area contributed by atoms with E-state index in [1.54, 1.807) is 24.5 Å². The smallest absolute Gasteiger partial charge is 0.255 e. The number of carbonyl (C=O) groups is 1. The van der Waals surface area contributed by atoms with Crippen LogP contribution in [0.5, 0.6) is 0 Å². The molecule has 2 rings (SSSR count). The highest BCUT2D eigenvalue weighted by molar-refractivity contribution is 6.30. The molecule has 1 aromatic heterocycles. The zero-order chi connectivity index (χ0) is 15.1. The SMILES string of the molecule is CCCNc1ccncc1C(=O)NCc1ccc(Cl)cc1. The molecule has 0 aliphatic rings. The van der Waals surface area contributed by atoms with Gasteiger partial charge in [0.1, 0.15) is 0 Å². The standard InChI is InChI=1S/C16H18ClN3O/c1-2-8-19-15-7-9-18-11-14(15)16(21)20-10-12-3-5-13(17)6-4-12/h3-7,9,11H,2,8,10H2,1H3,(H,18,19)(H,20,21). The van der Waals surface area contributed by atoms with Crippen molar-refractivity contribution in [3.05, 3.63) is 58.9 Å². The number of carbonyl (C=O) groups excluding carboxylic acids is 1. The molecule has 0 fully saturated rings. The molecule has 0 spiro atoms. The summed E-state index contributed by atoms with van der Waals surface area (Å²) in [6.07, 6.45) is 4.25. The van der Waals surface area contributed by atoms with Crippen LogP contribution in [0.15, 0.2) is 42.7 Å². The minimum atomic E-state index is -0.142. The van der Waals surface area contributed by atoms with Crippen molar-refractivity contribution in [1.82, 2.24) is 10.3 Å². The van der Waals surface area contributed by atoms with Crippen LogP contribution in [0.4, 0.5) is 5.69 Å². The Morgan fingerprint density at radius 1 is 1.24 bits per heavy atom. The third-order valence-corrected chi connectivity index (χ3v) is 3.25. The van der Waals surface area contributed by atoms with Crippen molar-refractivity contribution in [3.63, 3.8) is 0 Å². The molecule has 0 atom stereocenters. The van der Waals surface area contributed by atoms with Gasteiger partial charge in [0.2, 0.25) is 0 Å². The molecule has 0 radical (unpaired) electrons. The Morgan fingerprint density at radius 3 is 2.71 bits per heavy atom. The van der Waals surface area contributed by atoms with Crippen molar-refractivity contribution in [3.8, 4) is 0 Å². The Labute approximate surface area is 129 Å². The summed E-state index contributed by atoms with van der Waals surface area (Å²) in [5, 5.41) is 6.80. The Hall–Kier alpha value is -2.07. The van der Waals surface area contributed by atoms with E-state index < -0.39 is 0 Å². The monoisotopic (exact) mass is 303 g/mol. The second-order valence-electron chi connectivity index (χ2n) is 4.66. The number of hydrogen-bond donors (Lipinski definition) is 2. The zero-order valence-corrected chi connectivity index (χ0v) is 12.7. The number of nitrogens with zero attached hydrogens (tertiary/aromatic N) is 1. The first kappa shape index (κ1) is 15.3. The van der Waals surface area contributed by atoms with Crippen LogP contribution in [0.2, 0.25) is 5.02 Å². The van der Waals surface area contributed by atoms with E-state index in [1.165, 1.54) is 0 Å². The summed E-state index contributed by atoms with van der Waals surface area (Å²) in [7, 11) is 0. The largest absolute Gasteiger partial charge is 0.384 e. The van der Waals surface area contributed by atoms with Crippen LogP contribution in [0.1, 0.15) is 29.3 Å². The number of anilines is 1. The van der Waals surface area contributed by atoms with E-state index in [9.17, 15) is 4.79 Å². The fourth-order valence-corrected chi connectivity index (χ4v) is 2.00. The van der Waals surface area contributed by atoms with Crippen molar-refractivity contribution in [2.75, 3.05) is 11.9 Å². The highest BCUT2D eigenvalue weighted by Crippen LogP contribution is 2.14. The predicted octanol–water partition coefficient (Wildman–Crippen LogP) is 3.49. The fourth-order valence-electron chi connectivity index (χ4n) is 1.87. The molecule has 1 aromatic carbocycles. The number of halogens is 1. The first-order chi connectivity index (χ1) is 10.2. The van der Waals surface area contributed by atoms with Crippen LogP contribution >= 0.6 is 11.6 Å². The predicted molar refractivity (Wildman–Crippen MR) is 85.6 cm³/mol. The fraction of sp³-hybridized carbons (Fsp3) is 0.250. The lowest BCUT2D eigenvalue weighted by Gasteiger charge is -2.11. The van der Waals surface area contributed by atoms with Crippen LogP contribution < -0.4 is 10.6 Å². The lowest BCUT2D eigenvalue weighted by Crippen LogP contribution is -2.24. The summed E-state index contributed by atoms with van der Waals surface area (Å²) in [5.41, 5.74) is 2.36. The zero-order valence-electron chi connectivity index (χ0n) is 11.9. The molecular weight excluding hydrogens is 286 g/mol. The quantitative estimate of drug-likeness (QED) is 0.859. The van der Waals surface area contributed by atoms with Crippen LogP contribution in [0.25, 0.3) is 0 Å². The van der Waals surface area contributed by atoms with Gasteiger partial charge in [-0.25, -0.2) is 0 Å². The Morgan fingerprint density at radius 2 is 2.00 bits per heavy atom. The average molecular weight is 304 g/mol. The second kappa shape index (κ2) is 7.64. The summed E-state index contributed by atoms with van der Waals surface area (Å²) >= 11 is 5.84. The number of aromatic nitrogens is 1.